The van der Waals surface area contributed by atoms with Crippen molar-refractivity contribution in [3.8, 4) is 0 Å². The van der Waals surface area contributed by atoms with E-state index in [-0.39, 0.29) is 24.7 Å². The number of unbranched alkanes of at least 4 members (excludes halogenated alkanes) is 16. The third-order valence-corrected chi connectivity index (χ3v) is 10.7. The van der Waals surface area contributed by atoms with E-state index in [4.69, 9.17) is 18.5 Å². The smallest absolute Gasteiger partial charge is 0.461 e. The summed E-state index contributed by atoms with van der Waals surface area (Å²) < 4.78 is 32.9. The first-order valence-electron chi connectivity index (χ1n) is 19.3. The highest BCUT2D eigenvalue weighted by molar-refractivity contribution is 8.00. The Labute approximate surface area is 308 Å². The molecule has 288 valence electrons. The summed E-state index contributed by atoms with van der Waals surface area (Å²) in [6.45, 7) is 5.69. The van der Waals surface area contributed by atoms with Crippen LogP contribution in [-0.2, 0) is 32.7 Å². The molecule has 1 unspecified atom stereocenters. The van der Waals surface area contributed by atoms with E-state index in [1.165, 1.54) is 101 Å². The standard InChI is InChI=1S/C38H71O8PS2/c1-4-7-9-11-13-15-17-19-21-23-25-27-30-48-34-37(39)43-32-36(33-45-47(41,42)44-29-6-3)46-38(40)35-49-31-28-26-24-22-20-18-16-14-12-10-8-5-2/h17-20,36H,4-16,21-35H2,1-3H3,(H,41,42)/b19-17-,20-18-/t36-/m1/s1. The lowest BCUT2D eigenvalue weighted by Crippen LogP contribution is -2.30. The summed E-state index contributed by atoms with van der Waals surface area (Å²) in [5.74, 6) is 1.16. The second kappa shape index (κ2) is 37.0. The maximum atomic E-state index is 12.5. The van der Waals surface area contributed by atoms with Crippen LogP contribution in [0.2, 0.25) is 0 Å². The molecule has 0 aromatic rings. The van der Waals surface area contributed by atoms with E-state index in [0.29, 0.717) is 6.42 Å². The van der Waals surface area contributed by atoms with Crippen molar-refractivity contribution in [2.75, 3.05) is 42.8 Å². The Hall–Kier alpha value is -0.770. The van der Waals surface area contributed by atoms with Gasteiger partial charge < -0.3 is 14.4 Å². The molecule has 0 heterocycles. The number of hydrogen-bond donors (Lipinski definition) is 1. The summed E-state index contributed by atoms with van der Waals surface area (Å²) in [4.78, 5) is 34.7. The first-order valence-corrected chi connectivity index (χ1v) is 23.1. The van der Waals surface area contributed by atoms with Gasteiger partial charge in [-0.25, -0.2) is 4.57 Å². The molecule has 0 saturated carbocycles. The van der Waals surface area contributed by atoms with E-state index in [1.807, 2.05) is 6.92 Å². The van der Waals surface area contributed by atoms with Crippen molar-refractivity contribution in [1.82, 2.24) is 0 Å². The molecule has 0 aliphatic heterocycles. The van der Waals surface area contributed by atoms with Crippen LogP contribution >= 0.6 is 31.3 Å². The minimum Gasteiger partial charge on any atom is -0.461 e. The molecule has 0 aliphatic rings. The zero-order valence-corrected chi connectivity index (χ0v) is 33.8. The highest BCUT2D eigenvalue weighted by atomic mass is 32.2. The van der Waals surface area contributed by atoms with Crippen molar-refractivity contribution in [2.24, 2.45) is 0 Å². The number of ether oxygens (including phenoxy) is 2. The second-order valence-electron chi connectivity index (χ2n) is 12.5. The maximum Gasteiger partial charge on any atom is 0.472 e. The van der Waals surface area contributed by atoms with Gasteiger partial charge in [0.05, 0.1) is 24.7 Å². The topological polar surface area (TPSA) is 108 Å². The molecule has 0 spiro atoms. The first-order chi connectivity index (χ1) is 23.8. The number of carbonyl (C=O) groups is 2. The van der Waals surface area contributed by atoms with Crippen LogP contribution in [0.4, 0.5) is 0 Å². The highest BCUT2D eigenvalue weighted by Crippen LogP contribution is 2.43. The third-order valence-electron chi connectivity index (χ3n) is 7.65. The predicted molar refractivity (Wildman–Crippen MR) is 209 cm³/mol. The lowest BCUT2D eigenvalue weighted by atomic mass is 10.1. The first kappa shape index (κ1) is 48.2. The number of phosphoric acid groups is 1. The Morgan fingerprint density at radius 1 is 0.592 bits per heavy atom. The SMILES string of the molecule is CCCCCCC/C=C\CCCCCSCC(=O)OC[C@H](COP(=O)(O)OCCC)OC(=O)CSCCCCC/C=C\CCCCCCC. The van der Waals surface area contributed by atoms with Crippen molar-refractivity contribution in [1.29, 1.82) is 0 Å². The summed E-state index contributed by atoms with van der Waals surface area (Å²) in [7, 11) is -4.30. The molecule has 49 heavy (non-hydrogen) atoms. The summed E-state index contributed by atoms with van der Waals surface area (Å²) in [6, 6.07) is 0. The highest BCUT2D eigenvalue weighted by Gasteiger charge is 2.26. The lowest BCUT2D eigenvalue weighted by Gasteiger charge is -2.19. The predicted octanol–water partition coefficient (Wildman–Crippen LogP) is 11.4. The maximum absolute atomic E-state index is 12.5. The fraction of sp³-hybridized carbons (Fsp3) is 0.842. The Morgan fingerprint density at radius 2 is 1.04 bits per heavy atom. The molecular formula is C38H71O8PS2. The van der Waals surface area contributed by atoms with Gasteiger partial charge in [0, 0.05) is 0 Å². The van der Waals surface area contributed by atoms with Gasteiger partial charge in [-0.15, -0.1) is 0 Å². The van der Waals surface area contributed by atoms with E-state index in [9.17, 15) is 19.0 Å². The average Bonchev–Trinajstić information content (AvgIpc) is 3.08. The molecule has 0 saturated heterocycles. The van der Waals surface area contributed by atoms with Crippen molar-refractivity contribution >= 4 is 43.3 Å². The van der Waals surface area contributed by atoms with Gasteiger partial charge in [0.1, 0.15) is 6.61 Å². The summed E-state index contributed by atoms with van der Waals surface area (Å²) in [6.07, 6.45) is 33.0. The molecule has 0 bridgehead atoms. The van der Waals surface area contributed by atoms with Gasteiger partial charge in [0.2, 0.25) is 0 Å². The molecule has 11 heteroatoms. The second-order valence-corrected chi connectivity index (χ2v) is 16.2. The summed E-state index contributed by atoms with van der Waals surface area (Å²) in [5.41, 5.74) is 0. The number of rotatable bonds is 37. The number of phosphoric ester groups is 1. The Bertz CT molecular complexity index is 871. The van der Waals surface area contributed by atoms with E-state index >= 15 is 0 Å². The molecule has 0 amide bonds. The molecule has 0 aromatic heterocycles. The van der Waals surface area contributed by atoms with E-state index in [2.05, 4.69) is 38.2 Å². The van der Waals surface area contributed by atoms with Crippen molar-refractivity contribution in [3.63, 3.8) is 0 Å². The zero-order chi connectivity index (χ0) is 36.1. The molecule has 0 aliphatic carbocycles. The zero-order valence-electron chi connectivity index (χ0n) is 31.3. The molecular weight excluding hydrogens is 680 g/mol. The summed E-state index contributed by atoms with van der Waals surface area (Å²) in [5, 5.41) is 0. The Kier molecular flexibility index (Phi) is 36.4. The Morgan fingerprint density at radius 3 is 1.51 bits per heavy atom. The van der Waals surface area contributed by atoms with Crippen molar-refractivity contribution in [3.05, 3.63) is 24.3 Å². The molecule has 8 nitrogen and oxygen atoms in total. The quantitative estimate of drug-likeness (QED) is 0.0285. The molecule has 2 atom stereocenters. The van der Waals surface area contributed by atoms with Gasteiger partial charge in [-0.1, -0.05) is 109 Å². The van der Waals surface area contributed by atoms with E-state index in [1.54, 1.807) is 0 Å². The fourth-order valence-corrected chi connectivity index (χ4v) is 7.22. The average molecular weight is 751 g/mol. The van der Waals surface area contributed by atoms with Crippen LogP contribution < -0.4 is 0 Å². The number of hydrogen-bond acceptors (Lipinski definition) is 9. The molecule has 0 aromatic carbocycles. The van der Waals surface area contributed by atoms with Crippen LogP contribution in [0, 0.1) is 0 Å². The minimum atomic E-state index is -4.30. The third kappa shape index (κ3) is 36.8. The van der Waals surface area contributed by atoms with Gasteiger partial charge in [-0.3, -0.25) is 18.6 Å². The van der Waals surface area contributed by atoms with E-state index in [0.717, 1.165) is 62.9 Å². The van der Waals surface area contributed by atoms with E-state index < -0.39 is 32.5 Å². The molecule has 1 N–H and O–H groups in total. The number of esters is 2. The number of allylic oxidation sites excluding steroid dienone is 4. The van der Waals surface area contributed by atoms with Gasteiger partial charge in [0.15, 0.2) is 6.10 Å². The van der Waals surface area contributed by atoms with Gasteiger partial charge in [-0.2, -0.15) is 23.5 Å². The van der Waals surface area contributed by atoms with Crippen LogP contribution in [0.25, 0.3) is 0 Å². The largest absolute Gasteiger partial charge is 0.472 e. The normalized spacial score (nSPS) is 13.6. The van der Waals surface area contributed by atoms with Crippen LogP contribution in [0.3, 0.4) is 0 Å². The molecule has 0 fully saturated rings. The van der Waals surface area contributed by atoms with Gasteiger partial charge in [0.25, 0.3) is 0 Å². The monoisotopic (exact) mass is 750 g/mol. The summed E-state index contributed by atoms with van der Waals surface area (Å²) >= 11 is 3.01. The Balaban J connectivity index is 4.23. The van der Waals surface area contributed by atoms with Gasteiger partial charge in [-0.05, 0) is 82.1 Å². The molecule has 0 rings (SSSR count). The number of thioether (sulfide) groups is 2. The van der Waals surface area contributed by atoms with Crippen molar-refractivity contribution < 1.29 is 37.6 Å². The van der Waals surface area contributed by atoms with Crippen LogP contribution in [-0.4, -0.2) is 65.8 Å². The van der Waals surface area contributed by atoms with Gasteiger partial charge >= 0.3 is 19.8 Å². The van der Waals surface area contributed by atoms with Crippen LogP contribution in [0.5, 0.6) is 0 Å². The number of carbonyl (C=O) groups excluding carboxylic acids is 2. The van der Waals surface area contributed by atoms with Crippen molar-refractivity contribution in [2.45, 2.75) is 162 Å². The molecule has 0 radical (unpaired) electrons. The van der Waals surface area contributed by atoms with Crippen LogP contribution in [0.1, 0.15) is 156 Å². The lowest BCUT2D eigenvalue weighted by molar-refractivity contribution is -0.157. The minimum absolute atomic E-state index is 0.0619. The van der Waals surface area contributed by atoms with Crippen LogP contribution in [0.15, 0.2) is 24.3 Å². The fourth-order valence-electron chi connectivity index (χ4n) is 4.78.